The Balaban J connectivity index is 1.46. The molecule has 0 aliphatic carbocycles. The van der Waals surface area contributed by atoms with E-state index in [4.69, 9.17) is 9.47 Å². The van der Waals surface area contributed by atoms with Gasteiger partial charge in [0.25, 0.3) is 5.91 Å². The summed E-state index contributed by atoms with van der Waals surface area (Å²) in [7, 11) is 0. The van der Waals surface area contributed by atoms with Gasteiger partial charge in [-0.25, -0.2) is 5.01 Å². The van der Waals surface area contributed by atoms with Gasteiger partial charge in [0.1, 0.15) is 18.1 Å². The van der Waals surface area contributed by atoms with E-state index in [-0.39, 0.29) is 18.3 Å². The third-order valence-electron chi connectivity index (χ3n) is 6.51. The van der Waals surface area contributed by atoms with E-state index in [1.54, 1.807) is 24.3 Å². The molecule has 0 bridgehead atoms. The van der Waals surface area contributed by atoms with Crippen molar-refractivity contribution in [2.75, 3.05) is 13.1 Å². The van der Waals surface area contributed by atoms with Crippen LogP contribution in [-0.4, -0.2) is 35.2 Å². The lowest BCUT2D eigenvalue weighted by molar-refractivity contribution is -0.0504. The molecule has 0 radical (unpaired) electrons. The van der Waals surface area contributed by atoms with E-state index >= 15 is 0 Å². The lowest BCUT2D eigenvalue weighted by Gasteiger charge is -2.26. The van der Waals surface area contributed by atoms with Crippen molar-refractivity contribution >= 4 is 16.8 Å². The number of hydrogen-bond donors (Lipinski definition) is 1. The topological polar surface area (TPSA) is 55.7 Å². The molecule has 37 heavy (non-hydrogen) atoms. The first-order valence-corrected chi connectivity index (χ1v) is 12.5. The highest BCUT2D eigenvalue weighted by Crippen LogP contribution is 2.28. The lowest BCUT2D eigenvalue weighted by Crippen LogP contribution is -2.45. The van der Waals surface area contributed by atoms with Crippen molar-refractivity contribution in [3.8, 4) is 11.5 Å². The Hall–Kier alpha value is -3.91. The molecule has 1 aliphatic heterocycles. The average Bonchev–Trinajstić information content (AvgIpc) is 3.26. The second kappa shape index (κ2) is 11.4. The second-order valence-corrected chi connectivity index (χ2v) is 9.07. The van der Waals surface area contributed by atoms with E-state index in [9.17, 15) is 13.6 Å². The number of hydrazine groups is 1. The molecule has 1 amide bonds. The molecule has 1 N–H and O–H groups in total. The maximum Gasteiger partial charge on any atom is 0.387 e. The van der Waals surface area contributed by atoms with Crippen LogP contribution in [0.5, 0.6) is 11.5 Å². The highest BCUT2D eigenvalue weighted by molar-refractivity contribution is 5.98. The van der Waals surface area contributed by atoms with E-state index in [1.807, 2.05) is 58.1 Å². The molecule has 6 nitrogen and oxygen atoms in total. The molecule has 2 heterocycles. The first kappa shape index (κ1) is 24.8. The number of carbonyl (C=O) groups excluding carboxylic acids is 1. The summed E-state index contributed by atoms with van der Waals surface area (Å²) in [6.45, 7) is -0.633. The van der Waals surface area contributed by atoms with Crippen LogP contribution >= 0.6 is 0 Å². The normalized spacial score (nSPS) is 14.1. The summed E-state index contributed by atoms with van der Waals surface area (Å²) in [5, 5.41) is 2.84. The molecule has 1 fully saturated rings. The van der Waals surface area contributed by atoms with Crippen LogP contribution in [0.3, 0.4) is 0 Å². The van der Waals surface area contributed by atoms with Gasteiger partial charge < -0.3 is 14.0 Å². The van der Waals surface area contributed by atoms with Gasteiger partial charge in [0.2, 0.25) is 0 Å². The number of piperidine rings is 1. The largest absolute Gasteiger partial charge is 0.487 e. The molecule has 192 valence electrons. The van der Waals surface area contributed by atoms with Crippen molar-refractivity contribution < 1.29 is 23.0 Å². The Morgan fingerprint density at radius 1 is 0.919 bits per heavy atom. The Morgan fingerprint density at radius 3 is 2.46 bits per heavy atom. The van der Waals surface area contributed by atoms with Crippen molar-refractivity contribution in [3.05, 3.63) is 95.7 Å². The zero-order valence-electron chi connectivity index (χ0n) is 20.4. The summed E-state index contributed by atoms with van der Waals surface area (Å²) in [5.41, 5.74) is 5.90. The second-order valence-electron chi connectivity index (χ2n) is 9.07. The highest BCUT2D eigenvalue weighted by atomic mass is 19.3. The molecule has 4 aromatic rings. The van der Waals surface area contributed by atoms with E-state index in [2.05, 4.69) is 5.43 Å². The van der Waals surface area contributed by atoms with Gasteiger partial charge in [-0.2, -0.15) is 8.78 Å². The Kier molecular flexibility index (Phi) is 7.65. The van der Waals surface area contributed by atoms with Crippen LogP contribution in [0.25, 0.3) is 10.9 Å². The zero-order chi connectivity index (χ0) is 25.6. The van der Waals surface area contributed by atoms with Crippen molar-refractivity contribution in [1.29, 1.82) is 0 Å². The summed E-state index contributed by atoms with van der Waals surface area (Å²) < 4.78 is 38.8. The van der Waals surface area contributed by atoms with Gasteiger partial charge in [0.15, 0.2) is 0 Å². The van der Waals surface area contributed by atoms with Crippen molar-refractivity contribution in [3.63, 3.8) is 0 Å². The number of ether oxygens (including phenoxy) is 2. The molecular weight excluding hydrogens is 476 g/mol. The van der Waals surface area contributed by atoms with Gasteiger partial charge in [-0.3, -0.25) is 10.2 Å². The summed E-state index contributed by atoms with van der Waals surface area (Å²) >= 11 is 0. The molecule has 0 spiro atoms. The predicted octanol–water partition coefficient (Wildman–Crippen LogP) is 6.00. The van der Waals surface area contributed by atoms with Crippen LogP contribution in [0, 0.1) is 0 Å². The van der Waals surface area contributed by atoms with Gasteiger partial charge >= 0.3 is 6.61 Å². The summed E-state index contributed by atoms with van der Waals surface area (Å²) in [5.74, 6) is 0.712. The standard InChI is InChI=1S/C29H29F2N3O3/c30-29(31)37-27-12-6-5-9-22(27)19-34-24(20-36-25-10-3-1-4-11-25)18-23-17-21(13-14-26(23)34)28(35)32-33-15-7-2-8-16-33/h1,3-6,9-14,17-18,29H,2,7-8,15-16,19-20H2,(H,32,35). The number of nitrogens with zero attached hydrogens (tertiary/aromatic N) is 2. The number of amides is 1. The maximum absolute atomic E-state index is 13.0. The number of hydrogen-bond acceptors (Lipinski definition) is 4. The number of fused-ring (bicyclic) bond motifs is 1. The average molecular weight is 506 g/mol. The van der Waals surface area contributed by atoms with Crippen LogP contribution in [0.15, 0.2) is 78.9 Å². The third kappa shape index (κ3) is 6.09. The number of halogens is 2. The fraction of sp³-hybridized carbons (Fsp3) is 0.276. The number of benzene rings is 3. The highest BCUT2D eigenvalue weighted by Gasteiger charge is 2.18. The number of alkyl halides is 2. The Morgan fingerprint density at radius 2 is 1.68 bits per heavy atom. The third-order valence-corrected chi connectivity index (χ3v) is 6.51. The quantitative estimate of drug-likeness (QED) is 0.303. The van der Waals surface area contributed by atoms with Gasteiger partial charge in [-0.05, 0) is 55.3 Å². The van der Waals surface area contributed by atoms with Gasteiger partial charge in [-0.1, -0.05) is 42.8 Å². The molecule has 0 unspecified atom stereocenters. The maximum atomic E-state index is 13.0. The minimum atomic E-state index is -2.91. The van der Waals surface area contributed by atoms with Crippen LogP contribution in [0.1, 0.15) is 40.9 Å². The smallest absolute Gasteiger partial charge is 0.387 e. The number of para-hydroxylation sites is 2. The van der Waals surface area contributed by atoms with Crippen molar-refractivity contribution in [1.82, 2.24) is 15.0 Å². The van der Waals surface area contributed by atoms with Gasteiger partial charge in [0.05, 0.1) is 12.2 Å². The van der Waals surface area contributed by atoms with Crippen LogP contribution in [0.2, 0.25) is 0 Å². The fourth-order valence-electron chi connectivity index (χ4n) is 4.68. The molecule has 8 heteroatoms. The summed E-state index contributed by atoms with van der Waals surface area (Å²) in [6, 6.07) is 23.8. The molecule has 1 aromatic heterocycles. The number of carbonyl (C=O) groups is 1. The first-order valence-electron chi connectivity index (χ1n) is 12.5. The molecule has 1 saturated heterocycles. The fourth-order valence-corrected chi connectivity index (χ4v) is 4.68. The molecule has 3 aromatic carbocycles. The SMILES string of the molecule is O=C(NN1CCCCC1)c1ccc2c(c1)cc(COc1ccccc1)n2Cc1ccccc1OC(F)F. The molecule has 0 atom stereocenters. The number of aromatic nitrogens is 1. The molecule has 0 saturated carbocycles. The van der Waals surface area contributed by atoms with Crippen LogP contribution < -0.4 is 14.9 Å². The van der Waals surface area contributed by atoms with E-state index in [1.165, 1.54) is 12.5 Å². The lowest BCUT2D eigenvalue weighted by atomic mass is 10.1. The molecular formula is C29H29F2N3O3. The van der Waals surface area contributed by atoms with Gasteiger partial charge in [-0.15, -0.1) is 0 Å². The van der Waals surface area contributed by atoms with Crippen LogP contribution in [-0.2, 0) is 13.2 Å². The minimum absolute atomic E-state index is 0.131. The minimum Gasteiger partial charge on any atom is -0.487 e. The Labute approximate surface area is 214 Å². The molecule has 1 aliphatic rings. The van der Waals surface area contributed by atoms with Gasteiger partial charge in [0, 0.05) is 35.1 Å². The van der Waals surface area contributed by atoms with Crippen LogP contribution in [0.4, 0.5) is 8.78 Å². The van der Waals surface area contributed by atoms with E-state index < -0.39 is 6.61 Å². The summed E-state index contributed by atoms with van der Waals surface area (Å²) in [6.07, 6.45) is 3.33. The monoisotopic (exact) mass is 505 g/mol. The van der Waals surface area contributed by atoms with Crippen molar-refractivity contribution in [2.24, 2.45) is 0 Å². The first-order chi connectivity index (χ1) is 18.1. The predicted molar refractivity (Wildman–Crippen MR) is 138 cm³/mol. The van der Waals surface area contributed by atoms with E-state index in [0.29, 0.717) is 17.7 Å². The summed E-state index contributed by atoms with van der Waals surface area (Å²) in [4.78, 5) is 12.9. The number of nitrogens with one attached hydrogen (secondary N) is 1. The zero-order valence-corrected chi connectivity index (χ0v) is 20.4. The molecule has 5 rings (SSSR count). The van der Waals surface area contributed by atoms with E-state index in [0.717, 1.165) is 48.3 Å². The van der Waals surface area contributed by atoms with Crippen molar-refractivity contribution in [2.45, 2.75) is 39.0 Å². The number of rotatable bonds is 9. The Bertz CT molecular complexity index is 1350.